The lowest BCUT2D eigenvalue weighted by molar-refractivity contribution is -0.144. The van der Waals surface area contributed by atoms with Gasteiger partial charge in [-0.2, -0.15) is 0 Å². The molecular weight excluding hydrogens is 346 g/mol. The average Bonchev–Trinajstić information content (AvgIpc) is 2.66. The molecule has 168 valence electrons. The molecule has 0 amide bonds. The van der Waals surface area contributed by atoms with Crippen molar-refractivity contribution >= 4 is 5.97 Å². The molecular formula is C25H51NO2. The van der Waals surface area contributed by atoms with E-state index in [0.717, 1.165) is 19.3 Å². The molecule has 28 heavy (non-hydrogen) atoms. The smallest absolute Gasteiger partial charge is 0.305 e. The topological polar surface area (TPSA) is 38.3 Å². The summed E-state index contributed by atoms with van der Waals surface area (Å²) in [6, 6.07) is 0. The third kappa shape index (κ3) is 25.2. The van der Waals surface area contributed by atoms with Crippen LogP contribution in [0.2, 0.25) is 0 Å². The fourth-order valence-electron chi connectivity index (χ4n) is 2.60. The number of hydrogen-bond donors (Lipinski definition) is 1. The lowest BCUT2D eigenvalue weighted by Crippen LogP contribution is -2.37. The highest BCUT2D eigenvalue weighted by Crippen LogP contribution is 2.10. The number of ether oxygens (including phenoxy) is 1. The molecule has 0 atom stereocenters. The van der Waals surface area contributed by atoms with Crippen LogP contribution in [0.3, 0.4) is 0 Å². The highest BCUT2D eigenvalue weighted by Gasteiger charge is 2.15. The standard InChI is InChI=1S/C22H43NO2.C3H8/c1-5-6-7-8-9-10-11-12-13-14-15-16-17-18-21(24)25-20-19-22(2,3)23-4;1-3-2/h10-11,23H,5-9,12-20H2,1-4H3;3H2,1-2H3/b11-10+;. The highest BCUT2D eigenvalue weighted by molar-refractivity contribution is 5.69. The van der Waals surface area contributed by atoms with Crippen molar-refractivity contribution < 1.29 is 9.53 Å². The Labute approximate surface area is 177 Å². The third-order valence-electron chi connectivity index (χ3n) is 4.81. The molecule has 0 rings (SSSR count). The second-order valence-corrected chi connectivity index (χ2v) is 8.44. The molecule has 0 aromatic rings. The van der Waals surface area contributed by atoms with Gasteiger partial charge in [0.05, 0.1) is 6.61 Å². The summed E-state index contributed by atoms with van der Waals surface area (Å²) in [6.45, 7) is 11.2. The molecule has 0 bridgehead atoms. The third-order valence-corrected chi connectivity index (χ3v) is 4.81. The van der Waals surface area contributed by atoms with Crippen LogP contribution in [0.15, 0.2) is 12.2 Å². The SMILES string of the molecule is CCC.CCCCCC/C=C/CCCCCCCC(=O)OCCC(C)(C)NC. The van der Waals surface area contributed by atoms with E-state index in [1.54, 1.807) is 0 Å². The first kappa shape index (κ1) is 29.4. The summed E-state index contributed by atoms with van der Waals surface area (Å²) in [5, 5.41) is 3.21. The minimum atomic E-state index is -0.0436. The van der Waals surface area contributed by atoms with Gasteiger partial charge in [-0.15, -0.1) is 0 Å². The lowest BCUT2D eigenvalue weighted by Gasteiger charge is -2.23. The van der Waals surface area contributed by atoms with E-state index in [-0.39, 0.29) is 11.5 Å². The van der Waals surface area contributed by atoms with Crippen molar-refractivity contribution in [3.05, 3.63) is 12.2 Å². The molecule has 0 aliphatic carbocycles. The van der Waals surface area contributed by atoms with Gasteiger partial charge in [0.1, 0.15) is 0 Å². The number of carbonyl (C=O) groups excluding carboxylic acids is 1. The summed E-state index contributed by atoms with van der Waals surface area (Å²) < 4.78 is 5.30. The van der Waals surface area contributed by atoms with E-state index in [9.17, 15) is 4.79 Å². The van der Waals surface area contributed by atoms with Gasteiger partial charge >= 0.3 is 5.97 Å². The Hall–Kier alpha value is -0.830. The summed E-state index contributed by atoms with van der Waals surface area (Å²) in [5.74, 6) is -0.0436. The maximum Gasteiger partial charge on any atom is 0.305 e. The Morgan fingerprint density at radius 3 is 1.89 bits per heavy atom. The van der Waals surface area contributed by atoms with Crippen molar-refractivity contribution in [3.63, 3.8) is 0 Å². The summed E-state index contributed by atoms with van der Waals surface area (Å²) >= 11 is 0. The number of nitrogens with one attached hydrogen (secondary N) is 1. The number of esters is 1. The molecule has 0 heterocycles. The number of carbonyl (C=O) groups is 1. The zero-order valence-electron chi connectivity index (χ0n) is 20.1. The lowest BCUT2D eigenvalue weighted by atomic mass is 10.0. The summed E-state index contributed by atoms with van der Waals surface area (Å²) in [7, 11) is 1.94. The minimum Gasteiger partial charge on any atom is -0.466 e. The molecule has 0 aliphatic heterocycles. The molecule has 0 unspecified atom stereocenters. The van der Waals surface area contributed by atoms with Crippen LogP contribution in [-0.4, -0.2) is 25.2 Å². The summed E-state index contributed by atoms with van der Waals surface area (Å²) in [6.07, 6.45) is 21.1. The van der Waals surface area contributed by atoms with Gasteiger partial charge in [-0.3, -0.25) is 4.79 Å². The van der Waals surface area contributed by atoms with Crippen molar-refractivity contribution in [2.45, 2.75) is 130 Å². The Morgan fingerprint density at radius 1 is 0.857 bits per heavy atom. The van der Waals surface area contributed by atoms with E-state index < -0.39 is 0 Å². The molecule has 0 spiro atoms. The summed E-state index contributed by atoms with van der Waals surface area (Å²) in [5.41, 5.74) is 0.0320. The van der Waals surface area contributed by atoms with Crippen molar-refractivity contribution in [2.24, 2.45) is 0 Å². The molecule has 1 N–H and O–H groups in total. The first-order chi connectivity index (χ1) is 13.4. The Kier molecular flexibility index (Phi) is 23.6. The highest BCUT2D eigenvalue weighted by atomic mass is 16.5. The van der Waals surface area contributed by atoms with Gasteiger partial charge in [-0.05, 0) is 59.4 Å². The van der Waals surface area contributed by atoms with Crippen molar-refractivity contribution in [3.8, 4) is 0 Å². The van der Waals surface area contributed by atoms with Crippen molar-refractivity contribution in [2.75, 3.05) is 13.7 Å². The number of hydrogen-bond acceptors (Lipinski definition) is 3. The fourth-order valence-corrected chi connectivity index (χ4v) is 2.60. The molecule has 0 saturated heterocycles. The molecule has 0 radical (unpaired) electrons. The van der Waals surface area contributed by atoms with Crippen molar-refractivity contribution in [1.29, 1.82) is 0 Å². The zero-order chi connectivity index (χ0) is 21.5. The quantitative estimate of drug-likeness (QED) is 0.156. The molecule has 3 nitrogen and oxygen atoms in total. The van der Waals surface area contributed by atoms with Gasteiger partial charge in [0.2, 0.25) is 0 Å². The average molecular weight is 398 g/mol. The molecule has 3 heteroatoms. The molecule has 0 fully saturated rings. The Morgan fingerprint density at radius 2 is 1.36 bits per heavy atom. The first-order valence-electron chi connectivity index (χ1n) is 11.9. The van der Waals surface area contributed by atoms with E-state index in [4.69, 9.17) is 4.74 Å². The van der Waals surface area contributed by atoms with Gasteiger partial charge in [0, 0.05) is 12.0 Å². The van der Waals surface area contributed by atoms with Crippen LogP contribution in [0, 0.1) is 0 Å². The van der Waals surface area contributed by atoms with Crippen LogP contribution in [0.1, 0.15) is 125 Å². The second-order valence-electron chi connectivity index (χ2n) is 8.44. The predicted molar refractivity (Wildman–Crippen MR) is 125 cm³/mol. The van der Waals surface area contributed by atoms with E-state index in [2.05, 4.69) is 52.1 Å². The minimum absolute atomic E-state index is 0.0320. The number of unbranched alkanes of at least 4 members (excludes halogenated alkanes) is 9. The monoisotopic (exact) mass is 397 g/mol. The maximum atomic E-state index is 11.7. The number of rotatable bonds is 17. The van der Waals surface area contributed by atoms with E-state index >= 15 is 0 Å². The molecule has 0 aromatic carbocycles. The van der Waals surface area contributed by atoms with E-state index in [1.165, 1.54) is 64.2 Å². The van der Waals surface area contributed by atoms with Crippen LogP contribution in [-0.2, 0) is 9.53 Å². The van der Waals surface area contributed by atoms with Gasteiger partial charge in [-0.25, -0.2) is 0 Å². The van der Waals surface area contributed by atoms with Crippen LogP contribution >= 0.6 is 0 Å². The van der Waals surface area contributed by atoms with Gasteiger partial charge in [0.25, 0.3) is 0 Å². The Balaban J connectivity index is 0. The predicted octanol–water partition coefficient (Wildman–Crippen LogP) is 7.59. The van der Waals surface area contributed by atoms with Gasteiger partial charge < -0.3 is 10.1 Å². The van der Waals surface area contributed by atoms with Crippen LogP contribution in [0.5, 0.6) is 0 Å². The normalized spacial score (nSPS) is 11.4. The van der Waals surface area contributed by atoms with Crippen LogP contribution < -0.4 is 5.32 Å². The van der Waals surface area contributed by atoms with Crippen molar-refractivity contribution in [1.82, 2.24) is 5.32 Å². The van der Waals surface area contributed by atoms with Crippen LogP contribution in [0.25, 0.3) is 0 Å². The Bertz CT molecular complexity index is 350. The van der Waals surface area contributed by atoms with E-state index in [0.29, 0.717) is 13.0 Å². The number of allylic oxidation sites excluding steroid dienone is 2. The molecule has 0 saturated carbocycles. The van der Waals surface area contributed by atoms with Gasteiger partial charge in [-0.1, -0.05) is 77.9 Å². The molecule has 0 aromatic heterocycles. The summed E-state index contributed by atoms with van der Waals surface area (Å²) in [4.78, 5) is 11.7. The molecule has 0 aliphatic rings. The maximum absolute atomic E-state index is 11.7. The largest absolute Gasteiger partial charge is 0.466 e. The van der Waals surface area contributed by atoms with Gasteiger partial charge in [0.15, 0.2) is 0 Å². The fraction of sp³-hybridized carbons (Fsp3) is 0.880. The zero-order valence-corrected chi connectivity index (χ0v) is 20.1. The second kappa shape index (κ2) is 22.5. The van der Waals surface area contributed by atoms with Crippen LogP contribution in [0.4, 0.5) is 0 Å². The van der Waals surface area contributed by atoms with E-state index in [1.807, 2.05) is 7.05 Å². The first-order valence-corrected chi connectivity index (χ1v) is 11.9.